The SMILES string of the molecule is CCOc1ccc2ncc(C(=O)O)c(Nc3ccc(OCC(O)CO)cc3)c2n1. The molecule has 0 aliphatic rings. The van der Waals surface area contributed by atoms with E-state index < -0.39 is 12.1 Å². The van der Waals surface area contributed by atoms with Crippen LogP contribution in [0.4, 0.5) is 11.4 Å². The Morgan fingerprint density at radius 1 is 1.17 bits per heavy atom. The van der Waals surface area contributed by atoms with Gasteiger partial charge in [-0.2, -0.15) is 0 Å². The van der Waals surface area contributed by atoms with E-state index in [1.54, 1.807) is 36.4 Å². The summed E-state index contributed by atoms with van der Waals surface area (Å²) in [6, 6.07) is 10.1. The van der Waals surface area contributed by atoms with Crippen molar-refractivity contribution < 1.29 is 29.6 Å². The predicted octanol–water partition coefficient (Wildman–Crippen LogP) is 2.20. The Bertz CT molecular complexity index is 993. The van der Waals surface area contributed by atoms with Crippen LogP contribution in [0.5, 0.6) is 11.6 Å². The molecule has 0 radical (unpaired) electrons. The van der Waals surface area contributed by atoms with Crippen LogP contribution >= 0.6 is 0 Å². The number of aliphatic hydroxyl groups excluding tert-OH is 2. The van der Waals surface area contributed by atoms with Gasteiger partial charge in [-0.3, -0.25) is 4.98 Å². The molecule has 1 aromatic carbocycles. The van der Waals surface area contributed by atoms with Crippen molar-refractivity contribution in [2.24, 2.45) is 0 Å². The maximum atomic E-state index is 11.7. The topological polar surface area (TPSA) is 134 Å². The van der Waals surface area contributed by atoms with Crippen molar-refractivity contribution in [2.45, 2.75) is 13.0 Å². The molecule has 0 aliphatic carbocycles. The van der Waals surface area contributed by atoms with Crippen LogP contribution in [0.25, 0.3) is 11.0 Å². The summed E-state index contributed by atoms with van der Waals surface area (Å²) in [4.78, 5) is 20.3. The molecule has 9 heteroatoms. The minimum Gasteiger partial charge on any atom is -0.491 e. The van der Waals surface area contributed by atoms with Gasteiger partial charge in [0.25, 0.3) is 0 Å². The number of aromatic nitrogens is 2. The maximum absolute atomic E-state index is 11.7. The third-order valence-electron chi connectivity index (χ3n) is 3.99. The van der Waals surface area contributed by atoms with Gasteiger partial charge in [-0.25, -0.2) is 9.78 Å². The fourth-order valence-corrected chi connectivity index (χ4v) is 2.59. The molecule has 0 spiro atoms. The van der Waals surface area contributed by atoms with Gasteiger partial charge in [-0.05, 0) is 37.3 Å². The van der Waals surface area contributed by atoms with Gasteiger partial charge in [0.15, 0.2) is 0 Å². The third-order valence-corrected chi connectivity index (χ3v) is 3.99. The molecule has 4 N–H and O–H groups in total. The van der Waals surface area contributed by atoms with E-state index in [2.05, 4.69) is 15.3 Å². The summed E-state index contributed by atoms with van der Waals surface area (Å²) in [6.45, 7) is 1.84. The number of rotatable bonds is 9. The summed E-state index contributed by atoms with van der Waals surface area (Å²) >= 11 is 0. The average Bonchev–Trinajstić information content (AvgIpc) is 2.73. The summed E-state index contributed by atoms with van der Waals surface area (Å²) in [6.07, 6.45) is 0.322. The van der Waals surface area contributed by atoms with E-state index in [1.165, 1.54) is 6.20 Å². The number of ether oxygens (including phenoxy) is 2. The van der Waals surface area contributed by atoms with Crippen LogP contribution in [0.3, 0.4) is 0 Å². The summed E-state index contributed by atoms with van der Waals surface area (Å²) in [7, 11) is 0. The lowest BCUT2D eigenvalue weighted by atomic mass is 10.1. The number of benzene rings is 1. The molecule has 2 aromatic heterocycles. The molecular formula is C20H21N3O6. The average molecular weight is 399 g/mol. The Balaban J connectivity index is 1.92. The second-order valence-electron chi connectivity index (χ2n) is 6.10. The predicted molar refractivity (Wildman–Crippen MR) is 106 cm³/mol. The monoisotopic (exact) mass is 399 g/mol. The Kier molecular flexibility index (Phi) is 6.43. The Morgan fingerprint density at radius 3 is 2.59 bits per heavy atom. The maximum Gasteiger partial charge on any atom is 0.339 e. The van der Waals surface area contributed by atoms with Crippen LogP contribution in [0.1, 0.15) is 17.3 Å². The third kappa shape index (κ3) is 4.89. The van der Waals surface area contributed by atoms with Crippen molar-refractivity contribution >= 4 is 28.4 Å². The second kappa shape index (κ2) is 9.18. The van der Waals surface area contributed by atoms with Crippen molar-refractivity contribution in [2.75, 3.05) is 25.1 Å². The number of anilines is 2. The van der Waals surface area contributed by atoms with Crippen molar-refractivity contribution in [3.8, 4) is 11.6 Å². The van der Waals surface area contributed by atoms with Crippen molar-refractivity contribution in [1.82, 2.24) is 9.97 Å². The molecule has 2 heterocycles. The lowest BCUT2D eigenvalue weighted by molar-refractivity contribution is 0.0536. The summed E-state index contributed by atoms with van der Waals surface area (Å²) in [5.74, 6) is -0.264. The van der Waals surface area contributed by atoms with Gasteiger partial charge in [-0.15, -0.1) is 0 Å². The van der Waals surface area contributed by atoms with Crippen molar-refractivity contribution in [3.05, 3.63) is 48.2 Å². The Labute approximate surface area is 166 Å². The molecule has 0 aliphatic heterocycles. The molecule has 0 bridgehead atoms. The van der Waals surface area contributed by atoms with Crippen LogP contribution < -0.4 is 14.8 Å². The molecule has 9 nitrogen and oxygen atoms in total. The highest BCUT2D eigenvalue weighted by Gasteiger charge is 2.17. The van der Waals surface area contributed by atoms with E-state index in [0.29, 0.717) is 40.6 Å². The summed E-state index contributed by atoms with van der Waals surface area (Å²) < 4.78 is 10.8. The first-order valence-electron chi connectivity index (χ1n) is 8.96. The molecule has 152 valence electrons. The highest BCUT2D eigenvalue weighted by atomic mass is 16.5. The Hall–Kier alpha value is -3.43. The number of hydrogen-bond donors (Lipinski definition) is 4. The lowest BCUT2D eigenvalue weighted by Crippen LogP contribution is -2.21. The zero-order valence-electron chi connectivity index (χ0n) is 15.7. The standard InChI is InChI=1S/C20H21N3O6/c1-2-28-17-8-7-16-19(23-17)18(15(9-21-16)20(26)27)22-12-3-5-14(6-4-12)29-11-13(25)10-24/h3-9,13,24-25H,2,10-11H2,1H3,(H,21,22)(H,26,27). The minimum absolute atomic E-state index is 0.0231. The molecule has 1 unspecified atom stereocenters. The smallest absolute Gasteiger partial charge is 0.339 e. The number of aromatic carboxylic acids is 1. The molecule has 29 heavy (non-hydrogen) atoms. The van der Waals surface area contributed by atoms with Crippen LogP contribution in [-0.4, -0.2) is 57.2 Å². The largest absolute Gasteiger partial charge is 0.491 e. The van der Waals surface area contributed by atoms with Gasteiger partial charge < -0.3 is 30.1 Å². The second-order valence-corrected chi connectivity index (χ2v) is 6.10. The molecule has 3 rings (SSSR count). The highest BCUT2D eigenvalue weighted by Crippen LogP contribution is 2.30. The first-order chi connectivity index (χ1) is 14.0. The van der Waals surface area contributed by atoms with Crippen molar-refractivity contribution in [3.63, 3.8) is 0 Å². The van der Waals surface area contributed by atoms with Crippen LogP contribution in [0.15, 0.2) is 42.6 Å². The number of hydrogen-bond acceptors (Lipinski definition) is 8. The fourth-order valence-electron chi connectivity index (χ4n) is 2.59. The van der Waals surface area contributed by atoms with E-state index in [4.69, 9.17) is 14.6 Å². The van der Waals surface area contributed by atoms with Gasteiger partial charge in [0, 0.05) is 18.0 Å². The minimum atomic E-state index is -1.14. The number of carbonyl (C=O) groups is 1. The van der Waals surface area contributed by atoms with Crippen LogP contribution in [0.2, 0.25) is 0 Å². The van der Waals surface area contributed by atoms with E-state index >= 15 is 0 Å². The number of pyridine rings is 2. The van der Waals surface area contributed by atoms with E-state index in [9.17, 15) is 15.0 Å². The van der Waals surface area contributed by atoms with E-state index in [1.807, 2.05) is 6.92 Å². The Morgan fingerprint density at radius 2 is 1.93 bits per heavy atom. The van der Waals surface area contributed by atoms with E-state index in [0.717, 1.165) is 0 Å². The van der Waals surface area contributed by atoms with E-state index in [-0.39, 0.29) is 18.8 Å². The number of carboxylic acid groups (broad SMARTS) is 1. The lowest BCUT2D eigenvalue weighted by Gasteiger charge is -2.14. The molecular weight excluding hydrogens is 378 g/mol. The van der Waals surface area contributed by atoms with Gasteiger partial charge in [0.1, 0.15) is 29.5 Å². The van der Waals surface area contributed by atoms with Gasteiger partial charge in [0.2, 0.25) is 5.88 Å². The number of carboxylic acids is 1. The highest BCUT2D eigenvalue weighted by molar-refractivity contribution is 6.03. The molecule has 0 amide bonds. The zero-order chi connectivity index (χ0) is 20.8. The quantitative estimate of drug-likeness (QED) is 0.427. The van der Waals surface area contributed by atoms with Crippen molar-refractivity contribution in [1.29, 1.82) is 0 Å². The molecule has 1 atom stereocenters. The number of nitrogens with zero attached hydrogens (tertiary/aromatic N) is 2. The molecule has 0 saturated heterocycles. The number of aliphatic hydroxyl groups is 2. The molecule has 3 aromatic rings. The first kappa shape index (κ1) is 20.3. The van der Waals surface area contributed by atoms with Crippen LogP contribution in [0, 0.1) is 0 Å². The van der Waals surface area contributed by atoms with Gasteiger partial charge in [-0.1, -0.05) is 0 Å². The van der Waals surface area contributed by atoms with Gasteiger partial charge >= 0.3 is 5.97 Å². The fraction of sp³-hybridized carbons (Fsp3) is 0.250. The summed E-state index contributed by atoms with van der Waals surface area (Å²) in [5.41, 5.74) is 1.79. The molecule has 0 fully saturated rings. The normalized spacial score (nSPS) is 11.8. The molecule has 0 saturated carbocycles. The van der Waals surface area contributed by atoms with Gasteiger partial charge in [0.05, 0.1) is 24.4 Å². The van der Waals surface area contributed by atoms with Crippen LogP contribution in [-0.2, 0) is 0 Å². The number of nitrogens with one attached hydrogen (secondary N) is 1. The first-order valence-corrected chi connectivity index (χ1v) is 8.96. The zero-order valence-corrected chi connectivity index (χ0v) is 15.7. The summed E-state index contributed by atoms with van der Waals surface area (Å²) in [5, 5.41) is 30.8. The number of fused-ring (bicyclic) bond motifs is 1.